The van der Waals surface area contributed by atoms with Gasteiger partial charge in [-0.3, -0.25) is 0 Å². The van der Waals surface area contributed by atoms with Gasteiger partial charge < -0.3 is 10.6 Å². The first kappa shape index (κ1) is 11.0. The first-order valence-electron chi connectivity index (χ1n) is 5.62. The fourth-order valence-electron chi connectivity index (χ4n) is 1.91. The number of nitrogens with zero attached hydrogens (tertiary/aromatic N) is 1. The predicted octanol–water partition coefficient (Wildman–Crippen LogP) is 2.54. The van der Waals surface area contributed by atoms with Gasteiger partial charge in [0.05, 0.1) is 0 Å². The van der Waals surface area contributed by atoms with E-state index in [0.717, 1.165) is 6.54 Å². The Morgan fingerprint density at radius 3 is 2.50 bits per heavy atom. The van der Waals surface area contributed by atoms with Crippen LogP contribution in [0.3, 0.4) is 0 Å². The maximum Gasteiger partial charge on any atom is 0.0370 e. The fourth-order valence-corrected chi connectivity index (χ4v) is 1.91. The molecule has 0 radical (unpaired) electrons. The van der Waals surface area contributed by atoms with Crippen molar-refractivity contribution in [1.29, 1.82) is 0 Å². The third kappa shape index (κ3) is 2.17. The summed E-state index contributed by atoms with van der Waals surface area (Å²) in [5.74, 6) is 0. The quantitative estimate of drug-likeness (QED) is 0.850. The SMILES string of the molecule is Cc1ccc2cc(N(C)CCN)ccc2c1. The summed E-state index contributed by atoms with van der Waals surface area (Å²) in [7, 11) is 2.07. The summed E-state index contributed by atoms with van der Waals surface area (Å²) in [5.41, 5.74) is 8.08. The highest BCUT2D eigenvalue weighted by molar-refractivity contribution is 5.86. The molecule has 84 valence electrons. The van der Waals surface area contributed by atoms with Crippen molar-refractivity contribution in [1.82, 2.24) is 0 Å². The van der Waals surface area contributed by atoms with E-state index in [4.69, 9.17) is 5.73 Å². The summed E-state index contributed by atoms with van der Waals surface area (Å²) >= 11 is 0. The van der Waals surface area contributed by atoms with Crippen LogP contribution in [0.2, 0.25) is 0 Å². The van der Waals surface area contributed by atoms with Crippen LogP contribution in [-0.4, -0.2) is 20.1 Å². The van der Waals surface area contributed by atoms with Gasteiger partial charge in [0.15, 0.2) is 0 Å². The summed E-state index contributed by atoms with van der Waals surface area (Å²) in [6, 6.07) is 13.1. The molecular weight excluding hydrogens is 196 g/mol. The molecule has 2 heteroatoms. The predicted molar refractivity (Wildman–Crippen MR) is 71.0 cm³/mol. The van der Waals surface area contributed by atoms with E-state index in [1.54, 1.807) is 0 Å². The van der Waals surface area contributed by atoms with E-state index < -0.39 is 0 Å². The van der Waals surface area contributed by atoms with Crippen molar-refractivity contribution < 1.29 is 0 Å². The van der Waals surface area contributed by atoms with E-state index in [-0.39, 0.29) is 0 Å². The zero-order valence-corrected chi connectivity index (χ0v) is 9.90. The van der Waals surface area contributed by atoms with Gasteiger partial charge in [0, 0.05) is 25.8 Å². The molecule has 0 saturated carbocycles. The third-order valence-corrected chi connectivity index (χ3v) is 2.88. The molecule has 0 unspecified atom stereocenters. The summed E-state index contributed by atoms with van der Waals surface area (Å²) in [6.45, 7) is 3.69. The van der Waals surface area contributed by atoms with Crippen LogP contribution in [0.25, 0.3) is 10.8 Å². The van der Waals surface area contributed by atoms with Gasteiger partial charge in [-0.1, -0.05) is 29.8 Å². The molecule has 0 spiro atoms. The molecule has 0 atom stereocenters. The smallest absolute Gasteiger partial charge is 0.0370 e. The van der Waals surface area contributed by atoms with Crippen LogP contribution < -0.4 is 10.6 Å². The van der Waals surface area contributed by atoms with Crippen LogP contribution in [-0.2, 0) is 0 Å². The average molecular weight is 214 g/mol. The molecule has 0 aliphatic carbocycles. The van der Waals surface area contributed by atoms with Gasteiger partial charge >= 0.3 is 0 Å². The first-order valence-corrected chi connectivity index (χ1v) is 5.62. The maximum absolute atomic E-state index is 5.56. The highest BCUT2D eigenvalue weighted by Gasteiger charge is 2.01. The van der Waals surface area contributed by atoms with Gasteiger partial charge in [-0.15, -0.1) is 0 Å². The van der Waals surface area contributed by atoms with Crippen LogP contribution in [0.1, 0.15) is 5.56 Å². The van der Waals surface area contributed by atoms with E-state index in [2.05, 4.69) is 55.3 Å². The number of benzene rings is 2. The van der Waals surface area contributed by atoms with Gasteiger partial charge in [0.2, 0.25) is 0 Å². The minimum atomic E-state index is 0.683. The van der Waals surface area contributed by atoms with Crippen molar-refractivity contribution in [2.75, 3.05) is 25.0 Å². The van der Waals surface area contributed by atoms with E-state index in [1.165, 1.54) is 22.0 Å². The molecule has 0 aliphatic rings. The Bertz CT molecular complexity index is 491. The van der Waals surface area contributed by atoms with Gasteiger partial charge in [-0.2, -0.15) is 0 Å². The van der Waals surface area contributed by atoms with Crippen molar-refractivity contribution in [3.8, 4) is 0 Å². The molecule has 0 fully saturated rings. The second-order valence-corrected chi connectivity index (χ2v) is 4.25. The van der Waals surface area contributed by atoms with Crippen molar-refractivity contribution in [2.45, 2.75) is 6.92 Å². The lowest BCUT2D eigenvalue weighted by molar-refractivity contribution is 0.886. The van der Waals surface area contributed by atoms with Gasteiger partial charge in [-0.05, 0) is 29.8 Å². The maximum atomic E-state index is 5.56. The zero-order chi connectivity index (χ0) is 11.5. The molecule has 2 aromatic rings. The second kappa shape index (κ2) is 4.54. The van der Waals surface area contributed by atoms with Gasteiger partial charge in [-0.25, -0.2) is 0 Å². The molecule has 0 amide bonds. The molecule has 0 aromatic heterocycles. The number of likely N-dealkylation sites (N-methyl/N-ethyl adjacent to an activating group) is 1. The highest BCUT2D eigenvalue weighted by atomic mass is 15.1. The standard InChI is InChI=1S/C14H18N2/c1-11-3-4-13-10-14(16(2)8-7-15)6-5-12(13)9-11/h3-6,9-10H,7-8,15H2,1-2H3. The Balaban J connectivity index is 2.40. The van der Waals surface area contributed by atoms with Crippen LogP contribution >= 0.6 is 0 Å². The number of hydrogen-bond donors (Lipinski definition) is 1. The largest absolute Gasteiger partial charge is 0.373 e. The Kier molecular flexibility index (Phi) is 3.11. The van der Waals surface area contributed by atoms with Crippen LogP contribution in [0.15, 0.2) is 36.4 Å². The van der Waals surface area contributed by atoms with Crippen molar-refractivity contribution in [3.05, 3.63) is 42.0 Å². The summed E-state index contributed by atoms with van der Waals surface area (Å²) in [6.07, 6.45) is 0. The van der Waals surface area contributed by atoms with Gasteiger partial charge in [0.1, 0.15) is 0 Å². The molecule has 2 N–H and O–H groups in total. The lowest BCUT2D eigenvalue weighted by Crippen LogP contribution is -2.24. The van der Waals surface area contributed by atoms with E-state index in [1.807, 2.05) is 0 Å². The Labute approximate surface area is 96.7 Å². The Morgan fingerprint density at radius 2 is 1.75 bits per heavy atom. The third-order valence-electron chi connectivity index (χ3n) is 2.88. The highest BCUT2D eigenvalue weighted by Crippen LogP contribution is 2.22. The number of anilines is 1. The van der Waals surface area contributed by atoms with E-state index in [0.29, 0.717) is 6.54 Å². The normalized spacial score (nSPS) is 10.7. The van der Waals surface area contributed by atoms with E-state index in [9.17, 15) is 0 Å². The zero-order valence-electron chi connectivity index (χ0n) is 9.90. The van der Waals surface area contributed by atoms with E-state index >= 15 is 0 Å². The number of fused-ring (bicyclic) bond motifs is 1. The minimum Gasteiger partial charge on any atom is -0.373 e. The minimum absolute atomic E-state index is 0.683. The fraction of sp³-hybridized carbons (Fsp3) is 0.286. The average Bonchev–Trinajstić information content (AvgIpc) is 2.28. The molecule has 0 aliphatic heterocycles. The number of rotatable bonds is 3. The summed E-state index contributed by atoms with van der Waals surface area (Å²) in [4.78, 5) is 2.18. The molecule has 16 heavy (non-hydrogen) atoms. The van der Waals surface area contributed by atoms with Crippen LogP contribution in [0, 0.1) is 6.92 Å². The molecule has 2 nitrogen and oxygen atoms in total. The molecule has 0 heterocycles. The summed E-state index contributed by atoms with van der Waals surface area (Å²) in [5, 5.41) is 2.58. The lowest BCUT2D eigenvalue weighted by atomic mass is 10.1. The molecule has 0 bridgehead atoms. The van der Waals surface area contributed by atoms with Crippen molar-refractivity contribution >= 4 is 16.5 Å². The monoisotopic (exact) mass is 214 g/mol. The first-order chi connectivity index (χ1) is 7.70. The topological polar surface area (TPSA) is 29.3 Å². The van der Waals surface area contributed by atoms with Gasteiger partial charge in [0.25, 0.3) is 0 Å². The van der Waals surface area contributed by atoms with Crippen LogP contribution in [0.5, 0.6) is 0 Å². The Hall–Kier alpha value is -1.54. The molecule has 2 rings (SSSR count). The summed E-state index contributed by atoms with van der Waals surface area (Å²) < 4.78 is 0. The number of nitrogens with two attached hydrogens (primary N) is 1. The van der Waals surface area contributed by atoms with Crippen LogP contribution in [0.4, 0.5) is 5.69 Å². The van der Waals surface area contributed by atoms with Crippen molar-refractivity contribution in [2.24, 2.45) is 5.73 Å². The molecule has 2 aromatic carbocycles. The molecule has 0 saturated heterocycles. The van der Waals surface area contributed by atoms with Crippen molar-refractivity contribution in [3.63, 3.8) is 0 Å². The Morgan fingerprint density at radius 1 is 1.06 bits per heavy atom. The number of hydrogen-bond acceptors (Lipinski definition) is 2. The number of aryl methyl sites for hydroxylation is 1. The second-order valence-electron chi connectivity index (χ2n) is 4.25. The molecular formula is C14H18N2. The lowest BCUT2D eigenvalue weighted by Gasteiger charge is -2.18.